The van der Waals surface area contributed by atoms with E-state index in [1.54, 1.807) is 30.3 Å². The summed E-state index contributed by atoms with van der Waals surface area (Å²) in [5.74, 6) is -0.980. The van der Waals surface area contributed by atoms with Crippen LogP contribution >= 0.6 is 11.6 Å². The molecule has 2 aromatic heterocycles. The first kappa shape index (κ1) is 33.2. The van der Waals surface area contributed by atoms with Crippen molar-refractivity contribution in [1.29, 1.82) is 0 Å². The van der Waals surface area contributed by atoms with Gasteiger partial charge in [0.25, 0.3) is 0 Å². The predicted molar refractivity (Wildman–Crippen MR) is 187 cm³/mol. The highest BCUT2D eigenvalue weighted by atomic mass is 35.5. The summed E-state index contributed by atoms with van der Waals surface area (Å²) >= 11 is 6.42. The number of hydrogen-bond acceptors (Lipinski definition) is 8. The molecule has 4 aliphatic heterocycles. The molecule has 2 aromatic carbocycles. The molecule has 4 aliphatic rings. The average molecular weight is 706 g/mol. The van der Waals surface area contributed by atoms with E-state index in [4.69, 9.17) is 21.3 Å². The molecule has 0 saturated carbocycles. The van der Waals surface area contributed by atoms with Crippen molar-refractivity contribution in [3.8, 4) is 17.3 Å². The minimum absolute atomic E-state index is 0.0140. The molecule has 13 heteroatoms. The van der Waals surface area contributed by atoms with Crippen molar-refractivity contribution in [2.24, 2.45) is 0 Å². The second kappa shape index (κ2) is 13.3. The van der Waals surface area contributed by atoms with E-state index in [0.29, 0.717) is 60.0 Å². The molecule has 0 spiro atoms. The molecule has 0 radical (unpaired) electrons. The van der Waals surface area contributed by atoms with Crippen molar-refractivity contribution < 1.29 is 22.7 Å². The molecule has 9 nitrogen and oxygen atoms in total. The van der Waals surface area contributed by atoms with Crippen molar-refractivity contribution in [3.63, 3.8) is 0 Å². The summed E-state index contributed by atoms with van der Waals surface area (Å²) < 4.78 is 52.2. The number of hydrogen-bond donors (Lipinski definition) is 1. The fourth-order valence-corrected chi connectivity index (χ4v) is 8.58. The Morgan fingerprint density at radius 3 is 2.88 bits per heavy atom. The Hall–Kier alpha value is -4.00. The number of pyridine rings is 1. The van der Waals surface area contributed by atoms with Crippen molar-refractivity contribution in [2.75, 3.05) is 51.3 Å². The zero-order chi connectivity index (χ0) is 34.6. The maximum absolute atomic E-state index is 16.8. The number of carbonyl (C=O) groups excluding carboxylic acids is 1. The molecular weight excluding hydrogens is 667 g/mol. The van der Waals surface area contributed by atoms with Crippen LogP contribution in [0.15, 0.2) is 48.7 Å². The lowest BCUT2D eigenvalue weighted by molar-refractivity contribution is -0.125. The third-order valence-corrected chi connectivity index (χ3v) is 11.4. The Labute approximate surface area is 293 Å². The lowest BCUT2D eigenvalue weighted by Crippen LogP contribution is -2.43. The number of anilines is 1. The van der Waals surface area contributed by atoms with Crippen LogP contribution in [0, 0.1) is 11.6 Å². The van der Waals surface area contributed by atoms with Gasteiger partial charge in [0, 0.05) is 68.4 Å². The Kier molecular flexibility index (Phi) is 8.81. The van der Waals surface area contributed by atoms with Gasteiger partial charge in [-0.2, -0.15) is 9.97 Å². The molecular formula is C37H39ClF3N7O2. The third kappa shape index (κ3) is 5.94. The number of likely N-dealkylation sites (tertiary alicyclic amines) is 1. The van der Waals surface area contributed by atoms with Gasteiger partial charge in [0.2, 0.25) is 5.91 Å². The third-order valence-electron chi connectivity index (χ3n) is 11.0. The smallest absolute Gasteiger partial charge is 0.319 e. The van der Waals surface area contributed by atoms with Crippen molar-refractivity contribution >= 4 is 45.0 Å². The summed E-state index contributed by atoms with van der Waals surface area (Å²) in [6.45, 7) is 3.34. The Bertz CT molecular complexity index is 1990. The van der Waals surface area contributed by atoms with Gasteiger partial charge < -0.3 is 19.9 Å². The van der Waals surface area contributed by atoms with Crippen molar-refractivity contribution in [3.05, 3.63) is 65.3 Å². The maximum atomic E-state index is 16.8. The van der Waals surface area contributed by atoms with Gasteiger partial charge in [-0.05, 0) is 56.6 Å². The van der Waals surface area contributed by atoms with Crippen LogP contribution in [0.2, 0.25) is 5.02 Å². The number of benzene rings is 2. The number of alkyl halides is 1. The Balaban J connectivity index is 1.16. The van der Waals surface area contributed by atoms with Gasteiger partial charge in [-0.1, -0.05) is 41.9 Å². The molecule has 0 bridgehead atoms. The number of aromatic nitrogens is 3. The summed E-state index contributed by atoms with van der Waals surface area (Å²) in [5.41, 5.74) is -0.177. The van der Waals surface area contributed by atoms with Gasteiger partial charge in [0.1, 0.15) is 35.6 Å². The number of carbonyl (C=O) groups is 1. The zero-order valence-electron chi connectivity index (χ0n) is 27.8. The predicted octanol–water partition coefficient (Wildman–Crippen LogP) is 6.08. The topological polar surface area (TPSA) is 86.7 Å². The molecule has 50 heavy (non-hydrogen) atoms. The largest absolute Gasteiger partial charge is 0.461 e. The maximum Gasteiger partial charge on any atom is 0.319 e. The first-order chi connectivity index (χ1) is 24.2. The van der Waals surface area contributed by atoms with Gasteiger partial charge in [-0.3, -0.25) is 14.7 Å². The quantitative estimate of drug-likeness (QED) is 0.221. The summed E-state index contributed by atoms with van der Waals surface area (Å²) in [6, 6.07) is 8.11. The molecule has 1 N–H and O–H groups in total. The fraction of sp³-hybridized carbons (Fsp3) is 0.459. The number of nitrogens with zero attached hydrogens (tertiary/aromatic N) is 6. The normalized spacial score (nSPS) is 25.4. The molecule has 4 aromatic rings. The van der Waals surface area contributed by atoms with E-state index in [0.717, 1.165) is 38.8 Å². The molecule has 4 fully saturated rings. The molecule has 4 saturated heterocycles. The minimum Gasteiger partial charge on any atom is -0.461 e. The van der Waals surface area contributed by atoms with Crippen molar-refractivity contribution in [2.45, 2.75) is 62.3 Å². The lowest BCUT2D eigenvalue weighted by Gasteiger charge is -2.31. The number of halogens is 4. The highest BCUT2D eigenvalue weighted by Crippen LogP contribution is 2.42. The number of likely N-dealkylation sites (N-methyl/N-ethyl adjacent to an activating group) is 1. The van der Waals surface area contributed by atoms with Crippen molar-refractivity contribution in [1.82, 2.24) is 30.1 Å². The molecule has 6 heterocycles. The van der Waals surface area contributed by atoms with Crippen LogP contribution in [0.3, 0.4) is 0 Å². The second-order valence-electron chi connectivity index (χ2n) is 14.0. The second-order valence-corrected chi connectivity index (χ2v) is 14.4. The Morgan fingerprint density at radius 2 is 2.04 bits per heavy atom. The van der Waals surface area contributed by atoms with Gasteiger partial charge in [0.05, 0.1) is 15.9 Å². The van der Waals surface area contributed by atoms with Gasteiger partial charge in [-0.25, -0.2) is 13.2 Å². The lowest BCUT2D eigenvalue weighted by atomic mass is 9.95. The monoisotopic (exact) mass is 705 g/mol. The standard InChI is InChI=1S/C37H39ClF3N7O2/c1-46(25-12-16-47(20-25)29(49)11-9-24-6-3-14-42-24)35-27-18-43-33(26-7-2-5-22-8-10-28(40)31(38)30(22)26)32(41)34(27)44-36(45-35)50-21-37-13-4-15-48(37)19-23(39)17-37/h2,5,7-11,18,23-25,42H,3-4,6,12-17,19-21H2,1H3/b11-9+/t23-,24?,25-,37?/m1/s1. The molecule has 1 amide bonds. The van der Waals surface area contributed by atoms with Crippen LogP contribution in [0.1, 0.15) is 38.5 Å². The van der Waals surface area contributed by atoms with E-state index in [1.165, 1.54) is 12.3 Å². The summed E-state index contributed by atoms with van der Waals surface area (Å²) in [4.78, 5) is 32.9. The van der Waals surface area contributed by atoms with Gasteiger partial charge in [0.15, 0.2) is 5.82 Å². The van der Waals surface area contributed by atoms with E-state index < -0.39 is 23.3 Å². The minimum atomic E-state index is -0.932. The number of nitrogens with one attached hydrogen (secondary N) is 1. The molecule has 8 rings (SSSR count). The van der Waals surface area contributed by atoms with E-state index >= 15 is 4.39 Å². The number of rotatable bonds is 8. The van der Waals surface area contributed by atoms with Gasteiger partial charge in [-0.15, -0.1) is 0 Å². The van der Waals surface area contributed by atoms with E-state index in [1.807, 2.05) is 22.9 Å². The SMILES string of the molecule is CN(c1nc(OCC23CCCN2C[C@H](F)C3)nc2c(F)c(-c3cccc4ccc(F)c(Cl)c34)ncc12)[C@@H]1CCN(C(=O)/C=C/C2CCCN2)C1. The van der Waals surface area contributed by atoms with Crippen LogP contribution in [0.4, 0.5) is 19.0 Å². The van der Waals surface area contributed by atoms with Crippen LogP contribution in [0.5, 0.6) is 6.01 Å². The first-order valence-corrected chi connectivity index (χ1v) is 17.8. The van der Waals surface area contributed by atoms with E-state index in [-0.39, 0.29) is 46.8 Å². The average Bonchev–Trinajstić information content (AvgIpc) is 3.93. The molecule has 2 unspecified atom stereocenters. The zero-order valence-corrected chi connectivity index (χ0v) is 28.6. The highest BCUT2D eigenvalue weighted by Gasteiger charge is 2.49. The highest BCUT2D eigenvalue weighted by molar-refractivity contribution is 6.36. The van der Waals surface area contributed by atoms with Crippen LogP contribution in [-0.2, 0) is 4.79 Å². The van der Waals surface area contributed by atoms with Crippen LogP contribution in [-0.4, -0.2) is 101 Å². The number of ether oxygens (including phenoxy) is 1. The Morgan fingerprint density at radius 1 is 1.16 bits per heavy atom. The van der Waals surface area contributed by atoms with Crippen LogP contribution in [0.25, 0.3) is 32.9 Å². The number of amides is 1. The molecule has 4 atom stereocenters. The summed E-state index contributed by atoms with van der Waals surface area (Å²) in [5, 5.41) is 4.60. The van der Waals surface area contributed by atoms with Gasteiger partial charge >= 0.3 is 6.01 Å². The summed E-state index contributed by atoms with van der Waals surface area (Å²) in [6.07, 6.45) is 9.10. The fourth-order valence-electron chi connectivity index (χ4n) is 8.31. The number of fused-ring (bicyclic) bond motifs is 3. The molecule has 0 aliphatic carbocycles. The van der Waals surface area contributed by atoms with E-state index in [9.17, 15) is 13.6 Å². The van der Waals surface area contributed by atoms with Crippen LogP contribution < -0.4 is 15.0 Å². The molecule has 262 valence electrons. The van der Waals surface area contributed by atoms with E-state index in [2.05, 4.69) is 20.2 Å². The first-order valence-electron chi connectivity index (χ1n) is 17.4. The summed E-state index contributed by atoms with van der Waals surface area (Å²) in [7, 11) is 1.86.